The Kier molecular flexibility index (Phi) is 4.91. The van der Waals surface area contributed by atoms with E-state index in [2.05, 4.69) is 41.8 Å². The molecule has 1 aromatic heterocycles. The fourth-order valence-corrected chi connectivity index (χ4v) is 3.67. The van der Waals surface area contributed by atoms with Gasteiger partial charge in [0.05, 0.1) is 27.5 Å². The van der Waals surface area contributed by atoms with Crippen LogP contribution in [0.5, 0.6) is 5.75 Å². The van der Waals surface area contributed by atoms with Gasteiger partial charge in [0, 0.05) is 11.5 Å². The number of amides is 1. The van der Waals surface area contributed by atoms with E-state index in [4.69, 9.17) is 0 Å². The van der Waals surface area contributed by atoms with Gasteiger partial charge in [-0.15, -0.1) is 0 Å². The van der Waals surface area contributed by atoms with Gasteiger partial charge in [-0.05, 0) is 40.2 Å². The Morgan fingerprint density at radius 2 is 2.00 bits per heavy atom. The SMILES string of the molecule is CN(Cc1nc2ccccc2c(=O)[nH]1)C(=O)c1cc(Br)cc(Br)c1O. The summed E-state index contributed by atoms with van der Waals surface area (Å²) in [5.41, 5.74) is 0.455. The van der Waals surface area contributed by atoms with Crippen molar-refractivity contribution in [2.24, 2.45) is 0 Å². The highest BCUT2D eigenvalue weighted by molar-refractivity contribution is 9.11. The van der Waals surface area contributed by atoms with Gasteiger partial charge in [0.25, 0.3) is 11.5 Å². The molecule has 0 unspecified atom stereocenters. The number of rotatable bonds is 3. The molecule has 0 aliphatic rings. The van der Waals surface area contributed by atoms with E-state index in [9.17, 15) is 14.7 Å². The zero-order chi connectivity index (χ0) is 18.1. The van der Waals surface area contributed by atoms with Crippen LogP contribution < -0.4 is 5.56 Å². The highest BCUT2D eigenvalue weighted by Gasteiger charge is 2.19. The third-order valence-electron chi connectivity index (χ3n) is 3.65. The summed E-state index contributed by atoms with van der Waals surface area (Å²) in [6.45, 7) is 0.0997. The van der Waals surface area contributed by atoms with Crippen molar-refractivity contribution in [1.29, 1.82) is 0 Å². The Bertz CT molecular complexity index is 1030. The molecule has 3 aromatic rings. The first-order valence-corrected chi connectivity index (χ1v) is 8.87. The maximum Gasteiger partial charge on any atom is 0.258 e. The van der Waals surface area contributed by atoms with Gasteiger partial charge in [0.1, 0.15) is 11.6 Å². The summed E-state index contributed by atoms with van der Waals surface area (Å²) in [6.07, 6.45) is 0. The number of H-pyrrole nitrogens is 1. The lowest BCUT2D eigenvalue weighted by molar-refractivity contribution is 0.0778. The Labute approximate surface area is 159 Å². The number of aromatic amines is 1. The largest absolute Gasteiger partial charge is 0.506 e. The molecule has 1 amide bonds. The topological polar surface area (TPSA) is 86.3 Å². The number of phenols is 1. The van der Waals surface area contributed by atoms with Gasteiger partial charge < -0.3 is 15.0 Å². The molecule has 25 heavy (non-hydrogen) atoms. The van der Waals surface area contributed by atoms with Gasteiger partial charge in [-0.3, -0.25) is 9.59 Å². The first-order chi connectivity index (χ1) is 11.9. The van der Waals surface area contributed by atoms with Crippen LogP contribution >= 0.6 is 31.9 Å². The molecule has 6 nitrogen and oxygen atoms in total. The zero-order valence-corrected chi connectivity index (χ0v) is 16.3. The monoisotopic (exact) mass is 465 g/mol. The van der Waals surface area contributed by atoms with Gasteiger partial charge >= 0.3 is 0 Å². The molecule has 0 aliphatic heterocycles. The van der Waals surface area contributed by atoms with Crippen molar-refractivity contribution in [3.05, 3.63) is 67.1 Å². The van der Waals surface area contributed by atoms with Crippen LogP contribution in [0, 0.1) is 0 Å². The van der Waals surface area contributed by atoms with Crippen molar-refractivity contribution in [2.75, 3.05) is 7.05 Å². The smallest absolute Gasteiger partial charge is 0.258 e. The highest BCUT2D eigenvalue weighted by Crippen LogP contribution is 2.32. The zero-order valence-electron chi connectivity index (χ0n) is 13.1. The van der Waals surface area contributed by atoms with Gasteiger partial charge in [0.2, 0.25) is 0 Å². The van der Waals surface area contributed by atoms with Gasteiger partial charge in [-0.25, -0.2) is 4.98 Å². The molecule has 2 N–H and O–H groups in total. The number of para-hydroxylation sites is 1. The first-order valence-electron chi connectivity index (χ1n) is 7.28. The first kappa shape index (κ1) is 17.6. The molecule has 0 bridgehead atoms. The minimum absolute atomic E-state index is 0.0997. The van der Waals surface area contributed by atoms with Crippen LogP contribution in [0.2, 0.25) is 0 Å². The van der Waals surface area contributed by atoms with Crippen LogP contribution in [0.15, 0.2) is 50.1 Å². The number of fused-ring (bicyclic) bond motifs is 1. The quantitative estimate of drug-likeness (QED) is 0.619. The van der Waals surface area contributed by atoms with Crippen molar-refractivity contribution in [2.45, 2.75) is 6.54 Å². The molecule has 0 saturated heterocycles. The molecular weight excluding hydrogens is 454 g/mol. The molecule has 0 fully saturated rings. The average molecular weight is 467 g/mol. The second-order valence-corrected chi connectivity index (χ2v) is 7.24. The third-order valence-corrected chi connectivity index (χ3v) is 4.72. The normalized spacial score (nSPS) is 10.8. The van der Waals surface area contributed by atoms with E-state index in [1.54, 1.807) is 37.4 Å². The van der Waals surface area contributed by atoms with Gasteiger partial charge in [-0.1, -0.05) is 28.1 Å². The number of halogens is 2. The number of carbonyl (C=O) groups excluding carboxylic acids is 1. The van der Waals surface area contributed by atoms with Crippen LogP contribution in [0.3, 0.4) is 0 Å². The standard InChI is InChI=1S/C17H13Br2N3O3/c1-22(17(25)11-6-9(18)7-12(19)15(11)23)8-14-20-13-5-3-2-4-10(13)16(24)21-14/h2-7,23H,8H2,1H3,(H,20,21,24). The van der Waals surface area contributed by atoms with Crippen LogP contribution in [0.25, 0.3) is 10.9 Å². The Balaban J connectivity index is 1.91. The molecule has 0 aliphatic carbocycles. The number of benzene rings is 2. The third kappa shape index (κ3) is 3.59. The molecular formula is C17H13Br2N3O3. The van der Waals surface area contributed by atoms with Crippen LogP contribution in [-0.2, 0) is 6.54 Å². The van der Waals surface area contributed by atoms with E-state index in [-0.39, 0.29) is 23.4 Å². The van der Waals surface area contributed by atoms with Crippen molar-refractivity contribution in [3.8, 4) is 5.75 Å². The van der Waals surface area contributed by atoms with Crippen LogP contribution in [0.4, 0.5) is 0 Å². The predicted octanol–water partition coefficient (Wildman–Crippen LogP) is 3.43. The maximum absolute atomic E-state index is 12.6. The number of aromatic hydroxyl groups is 1. The van der Waals surface area contributed by atoms with E-state index in [1.165, 1.54) is 11.0 Å². The minimum Gasteiger partial charge on any atom is -0.506 e. The predicted molar refractivity (Wildman–Crippen MR) is 102 cm³/mol. The van der Waals surface area contributed by atoms with E-state index >= 15 is 0 Å². The van der Waals surface area contributed by atoms with E-state index in [0.29, 0.717) is 25.7 Å². The number of nitrogens with zero attached hydrogens (tertiary/aromatic N) is 2. The summed E-state index contributed by atoms with van der Waals surface area (Å²) in [4.78, 5) is 33.2. The van der Waals surface area contributed by atoms with Gasteiger partial charge in [0.15, 0.2) is 0 Å². The fraction of sp³-hybridized carbons (Fsp3) is 0.118. The van der Waals surface area contributed by atoms with E-state index in [1.807, 2.05) is 0 Å². The van der Waals surface area contributed by atoms with E-state index < -0.39 is 5.91 Å². The lowest BCUT2D eigenvalue weighted by Crippen LogP contribution is -2.28. The molecule has 0 radical (unpaired) electrons. The molecule has 0 spiro atoms. The van der Waals surface area contributed by atoms with Crippen molar-refractivity contribution < 1.29 is 9.90 Å². The summed E-state index contributed by atoms with van der Waals surface area (Å²) < 4.78 is 1.07. The fourth-order valence-electron chi connectivity index (χ4n) is 2.44. The number of carbonyl (C=O) groups is 1. The van der Waals surface area contributed by atoms with E-state index in [0.717, 1.165) is 0 Å². The Morgan fingerprint density at radius 1 is 1.28 bits per heavy atom. The van der Waals surface area contributed by atoms with Crippen molar-refractivity contribution >= 4 is 48.7 Å². The maximum atomic E-state index is 12.6. The second kappa shape index (κ2) is 6.97. The number of hydrogen-bond acceptors (Lipinski definition) is 4. The summed E-state index contributed by atoms with van der Waals surface area (Å²) >= 11 is 6.50. The van der Waals surface area contributed by atoms with Crippen LogP contribution in [0.1, 0.15) is 16.2 Å². The lowest BCUT2D eigenvalue weighted by atomic mass is 10.2. The highest BCUT2D eigenvalue weighted by atomic mass is 79.9. The Morgan fingerprint density at radius 3 is 2.76 bits per heavy atom. The summed E-state index contributed by atoms with van der Waals surface area (Å²) in [6, 6.07) is 10.2. The number of phenolic OH excluding ortho intramolecular Hbond substituents is 1. The molecule has 128 valence electrons. The molecule has 1 heterocycles. The van der Waals surface area contributed by atoms with Crippen molar-refractivity contribution in [1.82, 2.24) is 14.9 Å². The summed E-state index contributed by atoms with van der Waals surface area (Å²) in [5.74, 6) is -0.163. The van der Waals surface area contributed by atoms with Crippen molar-refractivity contribution in [3.63, 3.8) is 0 Å². The van der Waals surface area contributed by atoms with Gasteiger partial charge in [-0.2, -0.15) is 0 Å². The Hall–Kier alpha value is -2.19. The molecule has 0 atom stereocenters. The molecule has 2 aromatic carbocycles. The molecule has 3 rings (SSSR count). The number of aromatic nitrogens is 2. The summed E-state index contributed by atoms with van der Waals surface area (Å²) in [7, 11) is 1.58. The minimum atomic E-state index is -0.393. The number of hydrogen-bond donors (Lipinski definition) is 2. The second-order valence-electron chi connectivity index (χ2n) is 5.47. The summed E-state index contributed by atoms with van der Waals surface area (Å²) in [5, 5.41) is 10.6. The van der Waals surface area contributed by atoms with Crippen LogP contribution in [-0.4, -0.2) is 32.9 Å². The number of nitrogens with one attached hydrogen (secondary N) is 1. The average Bonchev–Trinajstić information content (AvgIpc) is 2.57. The molecule has 8 heteroatoms. The molecule has 0 saturated carbocycles. The lowest BCUT2D eigenvalue weighted by Gasteiger charge is -2.18.